The fourth-order valence-corrected chi connectivity index (χ4v) is 2.52. The molecule has 0 aromatic rings. The average Bonchev–Trinajstić information content (AvgIpc) is 2.91. The molecule has 2 aliphatic rings. The largest absolute Gasteiger partial charge is 0.379 e. The molecule has 2 fully saturated rings. The van der Waals surface area contributed by atoms with E-state index in [-0.39, 0.29) is 0 Å². The molecule has 4 heteroatoms. The van der Waals surface area contributed by atoms with Gasteiger partial charge in [0.05, 0.1) is 19.3 Å². The van der Waals surface area contributed by atoms with E-state index in [2.05, 4.69) is 17.6 Å². The van der Waals surface area contributed by atoms with Gasteiger partial charge in [0.15, 0.2) is 0 Å². The molecular formula is C12H24N2O2. The lowest BCUT2D eigenvalue weighted by molar-refractivity contribution is 0.108. The zero-order valence-corrected chi connectivity index (χ0v) is 10.2. The first-order chi connectivity index (χ1) is 7.90. The van der Waals surface area contributed by atoms with E-state index in [1.807, 2.05) is 0 Å². The summed E-state index contributed by atoms with van der Waals surface area (Å²) < 4.78 is 11.1. The van der Waals surface area contributed by atoms with E-state index in [9.17, 15) is 0 Å². The molecule has 0 spiro atoms. The van der Waals surface area contributed by atoms with Crippen molar-refractivity contribution >= 4 is 0 Å². The number of ether oxygens (including phenoxy) is 2. The molecule has 2 aliphatic heterocycles. The first kappa shape index (κ1) is 12.3. The van der Waals surface area contributed by atoms with Gasteiger partial charge in [0.25, 0.3) is 0 Å². The van der Waals surface area contributed by atoms with Crippen LogP contribution in [0.15, 0.2) is 0 Å². The molecular weight excluding hydrogens is 204 g/mol. The Balaban J connectivity index is 1.60. The molecule has 0 aromatic heterocycles. The molecule has 3 unspecified atom stereocenters. The van der Waals surface area contributed by atoms with E-state index in [4.69, 9.17) is 9.47 Å². The maximum absolute atomic E-state index is 5.58. The number of likely N-dealkylation sites (N-methyl/N-ethyl adjacent to an activating group) is 1. The van der Waals surface area contributed by atoms with Crippen molar-refractivity contribution in [1.29, 1.82) is 0 Å². The lowest BCUT2D eigenvalue weighted by Crippen LogP contribution is -2.41. The van der Waals surface area contributed by atoms with Crippen molar-refractivity contribution in [3.8, 4) is 0 Å². The summed E-state index contributed by atoms with van der Waals surface area (Å²) in [6.07, 6.45) is 2.88. The van der Waals surface area contributed by atoms with Gasteiger partial charge >= 0.3 is 0 Å². The van der Waals surface area contributed by atoms with Gasteiger partial charge in [0.1, 0.15) is 0 Å². The number of hydrogen-bond acceptors (Lipinski definition) is 4. The number of rotatable bonds is 6. The second-order valence-corrected chi connectivity index (χ2v) is 4.75. The van der Waals surface area contributed by atoms with Crippen molar-refractivity contribution in [1.82, 2.24) is 10.6 Å². The molecule has 0 saturated carbocycles. The normalized spacial score (nSPS) is 34.7. The lowest BCUT2D eigenvalue weighted by atomic mass is 10.0. The van der Waals surface area contributed by atoms with Gasteiger partial charge in [0, 0.05) is 31.7 Å². The van der Waals surface area contributed by atoms with Gasteiger partial charge in [-0.1, -0.05) is 6.92 Å². The predicted octanol–water partition coefficient (Wildman–Crippen LogP) is 0.380. The summed E-state index contributed by atoms with van der Waals surface area (Å²) in [5, 5.41) is 6.99. The van der Waals surface area contributed by atoms with Crippen LogP contribution in [0.3, 0.4) is 0 Å². The highest BCUT2D eigenvalue weighted by Crippen LogP contribution is 2.14. The van der Waals surface area contributed by atoms with Gasteiger partial charge in [0.2, 0.25) is 0 Å². The smallest absolute Gasteiger partial charge is 0.0700 e. The van der Waals surface area contributed by atoms with Gasteiger partial charge in [-0.2, -0.15) is 0 Å². The average molecular weight is 228 g/mol. The molecule has 0 aromatic carbocycles. The fourth-order valence-electron chi connectivity index (χ4n) is 2.52. The van der Waals surface area contributed by atoms with E-state index >= 15 is 0 Å². The highest BCUT2D eigenvalue weighted by molar-refractivity contribution is 4.83. The van der Waals surface area contributed by atoms with E-state index in [1.54, 1.807) is 0 Å². The predicted molar refractivity (Wildman–Crippen MR) is 63.6 cm³/mol. The van der Waals surface area contributed by atoms with Gasteiger partial charge in [-0.15, -0.1) is 0 Å². The van der Waals surface area contributed by atoms with Crippen LogP contribution >= 0.6 is 0 Å². The third kappa shape index (κ3) is 3.42. The second kappa shape index (κ2) is 6.55. The quantitative estimate of drug-likeness (QED) is 0.690. The highest BCUT2D eigenvalue weighted by Gasteiger charge is 2.27. The fraction of sp³-hybridized carbons (Fsp3) is 1.00. The number of hydrogen-bond donors (Lipinski definition) is 2. The first-order valence-electron chi connectivity index (χ1n) is 6.53. The van der Waals surface area contributed by atoms with E-state index in [0.717, 1.165) is 39.5 Å². The molecule has 0 aliphatic carbocycles. The molecule has 94 valence electrons. The van der Waals surface area contributed by atoms with Crippen molar-refractivity contribution in [3.63, 3.8) is 0 Å². The topological polar surface area (TPSA) is 42.5 Å². The Morgan fingerprint density at radius 3 is 2.94 bits per heavy atom. The molecule has 0 bridgehead atoms. The van der Waals surface area contributed by atoms with Crippen molar-refractivity contribution < 1.29 is 9.47 Å². The van der Waals surface area contributed by atoms with E-state index < -0.39 is 0 Å². The van der Waals surface area contributed by atoms with Crippen molar-refractivity contribution in [2.75, 3.05) is 39.5 Å². The van der Waals surface area contributed by atoms with Gasteiger partial charge in [-0.25, -0.2) is 0 Å². The third-order valence-corrected chi connectivity index (χ3v) is 3.47. The monoisotopic (exact) mass is 228 g/mol. The van der Waals surface area contributed by atoms with Crippen LogP contribution < -0.4 is 10.6 Å². The molecule has 0 amide bonds. The molecule has 2 rings (SSSR count). The summed E-state index contributed by atoms with van der Waals surface area (Å²) in [7, 11) is 0. The van der Waals surface area contributed by atoms with Crippen LogP contribution in [-0.4, -0.2) is 51.6 Å². The first-order valence-corrected chi connectivity index (χ1v) is 6.53. The second-order valence-electron chi connectivity index (χ2n) is 4.75. The molecule has 2 N–H and O–H groups in total. The zero-order valence-electron chi connectivity index (χ0n) is 10.2. The summed E-state index contributed by atoms with van der Waals surface area (Å²) in [4.78, 5) is 0. The standard InChI is InChI=1S/C12H24N2O2/c1-2-14-12-9-15-8-10(12)6-13-7-11-4-3-5-16-11/h10-14H,2-9H2,1H3. The van der Waals surface area contributed by atoms with Crippen molar-refractivity contribution in [2.45, 2.75) is 31.9 Å². The van der Waals surface area contributed by atoms with E-state index in [0.29, 0.717) is 18.1 Å². The van der Waals surface area contributed by atoms with Gasteiger partial charge < -0.3 is 20.1 Å². The minimum absolute atomic E-state index is 0.444. The Bertz CT molecular complexity index is 195. The van der Waals surface area contributed by atoms with Crippen LogP contribution in [0.1, 0.15) is 19.8 Å². The molecule has 0 radical (unpaired) electrons. The molecule has 3 atom stereocenters. The van der Waals surface area contributed by atoms with Crippen LogP contribution in [0.25, 0.3) is 0 Å². The summed E-state index contributed by atoms with van der Waals surface area (Å²) in [6, 6.07) is 0.530. The SMILES string of the molecule is CCNC1COCC1CNCC1CCCO1. The maximum Gasteiger partial charge on any atom is 0.0700 e. The minimum Gasteiger partial charge on any atom is -0.379 e. The summed E-state index contributed by atoms with van der Waals surface area (Å²) >= 11 is 0. The van der Waals surface area contributed by atoms with Crippen LogP contribution in [-0.2, 0) is 9.47 Å². The Kier molecular flexibility index (Phi) is 5.03. The van der Waals surface area contributed by atoms with Crippen LogP contribution in [0.5, 0.6) is 0 Å². The van der Waals surface area contributed by atoms with Crippen molar-refractivity contribution in [3.05, 3.63) is 0 Å². The van der Waals surface area contributed by atoms with Gasteiger partial charge in [-0.05, 0) is 19.4 Å². The molecule has 16 heavy (non-hydrogen) atoms. The summed E-state index contributed by atoms with van der Waals surface area (Å²) in [5.41, 5.74) is 0. The summed E-state index contributed by atoms with van der Waals surface area (Å²) in [5.74, 6) is 0.612. The van der Waals surface area contributed by atoms with Crippen LogP contribution in [0.4, 0.5) is 0 Å². The Morgan fingerprint density at radius 2 is 2.19 bits per heavy atom. The Morgan fingerprint density at radius 1 is 1.25 bits per heavy atom. The van der Waals surface area contributed by atoms with Gasteiger partial charge in [-0.3, -0.25) is 0 Å². The zero-order chi connectivity index (χ0) is 11.2. The molecule has 2 saturated heterocycles. The highest BCUT2D eigenvalue weighted by atomic mass is 16.5. The van der Waals surface area contributed by atoms with Crippen LogP contribution in [0.2, 0.25) is 0 Å². The maximum atomic E-state index is 5.58. The van der Waals surface area contributed by atoms with Crippen molar-refractivity contribution in [2.24, 2.45) is 5.92 Å². The molecule has 2 heterocycles. The Labute approximate surface area is 98.1 Å². The third-order valence-electron chi connectivity index (χ3n) is 3.47. The number of nitrogens with one attached hydrogen (secondary N) is 2. The lowest BCUT2D eigenvalue weighted by Gasteiger charge is -2.19. The summed E-state index contributed by atoms with van der Waals surface area (Å²) in [6.45, 7) is 7.90. The Hall–Kier alpha value is -0.160. The van der Waals surface area contributed by atoms with Crippen LogP contribution in [0, 0.1) is 5.92 Å². The van der Waals surface area contributed by atoms with E-state index in [1.165, 1.54) is 12.8 Å². The minimum atomic E-state index is 0.444. The molecule has 4 nitrogen and oxygen atoms in total.